The van der Waals surface area contributed by atoms with Crippen molar-refractivity contribution in [1.29, 1.82) is 0 Å². The number of halogens is 1. The Hall–Kier alpha value is -1.42. The third-order valence-electron chi connectivity index (χ3n) is 3.72. The van der Waals surface area contributed by atoms with Crippen molar-refractivity contribution < 1.29 is 14.3 Å². The quantitative estimate of drug-likeness (QED) is 0.845. The predicted octanol–water partition coefficient (Wildman–Crippen LogP) is 2.34. The summed E-state index contributed by atoms with van der Waals surface area (Å²) in [5.74, 6) is -1.07. The molecule has 1 aliphatic rings. The summed E-state index contributed by atoms with van der Waals surface area (Å²) in [5, 5.41) is 12.4. The summed E-state index contributed by atoms with van der Waals surface area (Å²) >= 11 is 0. The van der Waals surface area contributed by atoms with E-state index in [2.05, 4.69) is 5.32 Å². The van der Waals surface area contributed by atoms with Crippen LogP contribution in [0, 0.1) is 11.2 Å². The second kappa shape index (κ2) is 4.45. The molecule has 3 nitrogen and oxygen atoms in total. The molecule has 0 amide bonds. The smallest absolute Gasteiger partial charge is 0.311 e. The molecule has 0 spiro atoms. The van der Waals surface area contributed by atoms with Crippen LogP contribution >= 0.6 is 0 Å². The molecule has 1 atom stereocenters. The van der Waals surface area contributed by atoms with E-state index in [4.69, 9.17) is 0 Å². The minimum atomic E-state index is -0.771. The molecule has 0 saturated heterocycles. The van der Waals surface area contributed by atoms with Crippen molar-refractivity contribution in [3.8, 4) is 0 Å². The molecule has 0 aliphatic heterocycles. The van der Waals surface area contributed by atoms with Crippen LogP contribution < -0.4 is 5.32 Å². The highest BCUT2D eigenvalue weighted by atomic mass is 19.1. The fraction of sp³-hybridized carbons (Fsp3) is 0.462. The maximum Gasteiger partial charge on any atom is 0.311 e. The van der Waals surface area contributed by atoms with E-state index in [-0.39, 0.29) is 11.9 Å². The van der Waals surface area contributed by atoms with Crippen LogP contribution in [-0.4, -0.2) is 18.1 Å². The zero-order valence-corrected chi connectivity index (χ0v) is 9.74. The van der Waals surface area contributed by atoms with Gasteiger partial charge in [0.25, 0.3) is 0 Å². The maximum atomic E-state index is 12.9. The molecular formula is C13H16FNO2. The SMILES string of the molecule is CNC(c1ccc(F)cc1)C1(C(=O)O)CCC1. The van der Waals surface area contributed by atoms with Crippen LogP contribution in [0.1, 0.15) is 30.9 Å². The fourth-order valence-corrected chi connectivity index (χ4v) is 2.60. The van der Waals surface area contributed by atoms with Crippen molar-refractivity contribution >= 4 is 5.97 Å². The monoisotopic (exact) mass is 237 g/mol. The Morgan fingerprint density at radius 2 is 2.00 bits per heavy atom. The van der Waals surface area contributed by atoms with Gasteiger partial charge in [0, 0.05) is 6.04 Å². The Bertz CT molecular complexity index is 412. The summed E-state index contributed by atoms with van der Waals surface area (Å²) in [6.07, 6.45) is 2.28. The van der Waals surface area contributed by atoms with Crippen LogP contribution in [0.3, 0.4) is 0 Å². The van der Waals surface area contributed by atoms with Crippen LogP contribution in [0.15, 0.2) is 24.3 Å². The van der Waals surface area contributed by atoms with Gasteiger partial charge in [0.2, 0.25) is 0 Å². The summed E-state index contributed by atoms with van der Waals surface area (Å²) in [4.78, 5) is 11.4. The van der Waals surface area contributed by atoms with E-state index < -0.39 is 11.4 Å². The first-order chi connectivity index (χ1) is 8.10. The van der Waals surface area contributed by atoms with Gasteiger partial charge in [-0.3, -0.25) is 4.79 Å². The summed E-state index contributed by atoms with van der Waals surface area (Å²) < 4.78 is 12.9. The van der Waals surface area contributed by atoms with E-state index in [0.29, 0.717) is 12.8 Å². The molecule has 1 unspecified atom stereocenters. The first kappa shape index (κ1) is 12.0. The summed E-state index contributed by atoms with van der Waals surface area (Å²) in [5.41, 5.74) is 0.100. The lowest BCUT2D eigenvalue weighted by Crippen LogP contribution is -2.47. The van der Waals surface area contributed by atoms with Crippen LogP contribution in [0.5, 0.6) is 0 Å². The lowest BCUT2D eigenvalue weighted by atomic mass is 9.62. The number of rotatable bonds is 4. The van der Waals surface area contributed by atoms with Gasteiger partial charge in [-0.05, 0) is 37.6 Å². The molecule has 1 aromatic carbocycles. The third kappa shape index (κ3) is 1.93. The lowest BCUT2D eigenvalue weighted by molar-refractivity contribution is -0.157. The second-order valence-electron chi connectivity index (χ2n) is 4.59. The van der Waals surface area contributed by atoms with Crippen molar-refractivity contribution in [3.05, 3.63) is 35.6 Å². The number of carbonyl (C=O) groups is 1. The van der Waals surface area contributed by atoms with E-state index >= 15 is 0 Å². The Labute approximate surface area is 99.7 Å². The highest BCUT2D eigenvalue weighted by Crippen LogP contribution is 2.50. The predicted molar refractivity (Wildman–Crippen MR) is 62.1 cm³/mol. The Balaban J connectivity index is 2.32. The average molecular weight is 237 g/mol. The standard InChI is InChI=1S/C13H16FNO2/c1-15-11(9-3-5-10(14)6-4-9)13(12(16)17)7-2-8-13/h3-6,11,15H,2,7-8H2,1H3,(H,16,17). The molecular weight excluding hydrogens is 221 g/mol. The molecule has 92 valence electrons. The van der Waals surface area contributed by atoms with E-state index in [9.17, 15) is 14.3 Å². The third-order valence-corrected chi connectivity index (χ3v) is 3.72. The van der Waals surface area contributed by atoms with Crippen molar-refractivity contribution in [2.24, 2.45) is 5.41 Å². The van der Waals surface area contributed by atoms with E-state index in [1.54, 1.807) is 19.2 Å². The highest BCUT2D eigenvalue weighted by molar-refractivity contribution is 5.77. The van der Waals surface area contributed by atoms with E-state index in [0.717, 1.165) is 12.0 Å². The Morgan fingerprint density at radius 3 is 2.35 bits per heavy atom. The zero-order valence-electron chi connectivity index (χ0n) is 9.74. The Morgan fingerprint density at radius 1 is 1.41 bits per heavy atom. The van der Waals surface area contributed by atoms with Crippen LogP contribution in [0.2, 0.25) is 0 Å². The number of aliphatic carboxylic acids is 1. The Kier molecular flexibility index (Phi) is 3.15. The molecule has 0 heterocycles. The molecule has 1 saturated carbocycles. The van der Waals surface area contributed by atoms with Crippen LogP contribution in [-0.2, 0) is 4.79 Å². The molecule has 2 rings (SSSR count). The minimum absolute atomic E-state index is 0.255. The first-order valence-corrected chi connectivity index (χ1v) is 5.76. The zero-order chi connectivity index (χ0) is 12.5. The van der Waals surface area contributed by atoms with Gasteiger partial charge in [-0.1, -0.05) is 18.6 Å². The fourth-order valence-electron chi connectivity index (χ4n) is 2.60. The molecule has 4 heteroatoms. The van der Waals surface area contributed by atoms with Crippen molar-refractivity contribution in [1.82, 2.24) is 5.32 Å². The second-order valence-corrected chi connectivity index (χ2v) is 4.59. The van der Waals surface area contributed by atoms with E-state index in [1.807, 2.05) is 0 Å². The summed E-state index contributed by atoms with van der Waals surface area (Å²) in [7, 11) is 1.75. The summed E-state index contributed by atoms with van der Waals surface area (Å²) in [6.45, 7) is 0. The number of benzene rings is 1. The number of carboxylic acids is 1. The first-order valence-electron chi connectivity index (χ1n) is 5.76. The number of hydrogen-bond acceptors (Lipinski definition) is 2. The molecule has 1 fully saturated rings. The maximum absolute atomic E-state index is 12.9. The molecule has 2 N–H and O–H groups in total. The van der Waals surface area contributed by atoms with Gasteiger partial charge in [0.1, 0.15) is 5.82 Å². The van der Waals surface area contributed by atoms with Gasteiger partial charge in [-0.15, -0.1) is 0 Å². The molecule has 0 bridgehead atoms. The number of hydrogen-bond donors (Lipinski definition) is 2. The van der Waals surface area contributed by atoms with Gasteiger partial charge in [0.05, 0.1) is 5.41 Å². The van der Waals surface area contributed by atoms with Gasteiger partial charge in [0.15, 0.2) is 0 Å². The molecule has 1 aliphatic carbocycles. The van der Waals surface area contributed by atoms with Crippen molar-refractivity contribution in [2.45, 2.75) is 25.3 Å². The van der Waals surface area contributed by atoms with Gasteiger partial charge >= 0.3 is 5.97 Å². The van der Waals surface area contributed by atoms with Gasteiger partial charge in [-0.25, -0.2) is 4.39 Å². The normalized spacial score (nSPS) is 19.4. The molecule has 0 radical (unpaired) electrons. The lowest BCUT2D eigenvalue weighted by Gasteiger charge is -2.44. The highest BCUT2D eigenvalue weighted by Gasteiger charge is 2.50. The van der Waals surface area contributed by atoms with Crippen molar-refractivity contribution in [3.63, 3.8) is 0 Å². The number of carboxylic acid groups (broad SMARTS) is 1. The largest absolute Gasteiger partial charge is 0.481 e. The minimum Gasteiger partial charge on any atom is -0.481 e. The summed E-state index contributed by atoms with van der Waals surface area (Å²) in [6, 6.07) is 5.79. The topological polar surface area (TPSA) is 49.3 Å². The van der Waals surface area contributed by atoms with Crippen molar-refractivity contribution in [2.75, 3.05) is 7.05 Å². The molecule has 17 heavy (non-hydrogen) atoms. The molecule has 1 aromatic rings. The van der Waals surface area contributed by atoms with E-state index in [1.165, 1.54) is 12.1 Å². The van der Waals surface area contributed by atoms with Gasteiger partial charge in [-0.2, -0.15) is 0 Å². The van der Waals surface area contributed by atoms with Crippen LogP contribution in [0.4, 0.5) is 4.39 Å². The van der Waals surface area contributed by atoms with Gasteiger partial charge < -0.3 is 10.4 Å². The molecule has 0 aromatic heterocycles. The average Bonchev–Trinajstić information content (AvgIpc) is 2.24. The van der Waals surface area contributed by atoms with Crippen LogP contribution in [0.25, 0.3) is 0 Å². The number of nitrogens with one attached hydrogen (secondary N) is 1.